The first-order valence-electron chi connectivity index (χ1n) is 11.9. The zero-order valence-corrected chi connectivity index (χ0v) is 20.0. The molecular formula is C28H29N5O3. The van der Waals surface area contributed by atoms with Crippen molar-refractivity contribution < 1.29 is 14.7 Å². The molecular weight excluding hydrogens is 454 g/mol. The van der Waals surface area contributed by atoms with Crippen LogP contribution in [0.1, 0.15) is 29.3 Å². The molecule has 2 aromatic carbocycles. The smallest absolute Gasteiger partial charge is 0.255 e. The highest BCUT2D eigenvalue weighted by atomic mass is 16.3. The van der Waals surface area contributed by atoms with Gasteiger partial charge in [-0.1, -0.05) is 67.6 Å². The van der Waals surface area contributed by atoms with Crippen molar-refractivity contribution in [2.24, 2.45) is 0 Å². The Morgan fingerprint density at radius 1 is 0.972 bits per heavy atom. The second kappa shape index (κ2) is 11.9. The summed E-state index contributed by atoms with van der Waals surface area (Å²) < 4.78 is 1.55. The molecule has 4 aromatic rings. The normalized spacial score (nSPS) is 12.5. The SMILES string of the molecule is CCCNC(=O)C(O)C(Cc1ccccc1)NC(=O)c1cccnc1-n1ccc(-c2ccccc2)n1. The van der Waals surface area contributed by atoms with Gasteiger partial charge < -0.3 is 15.7 Å². The number of carbonyl (C=O) groups excluding carboxylic acids is 2. The number of benzene rings is 2. The zero-order chi connectivity index (χ0) is 25.3. The van der Waals surface area contributed by atoms with E-state index < -0.39 is 24.0 Å². The van der Waals surface area contributed by atoms with Crippen molar-refractivity contribution in [2.45, 2.75) is 31.9 Å². The van der Waals surface area contributed by atoms with E-state index in [9.17, 15) is 14.7 Å². The first-order chi connectivity index (χ1) is 17.6. The predicted octanol–water partition coefficient (Wildman–Crippen LogP) is 3.16. The molecule has 0 saturated heterocycles. The van der Waals surface area contributed by atoms with Gasteiger partial charge in [0.25, 0.3) is 11.8 Å². The van der Waals surface area contributed by atoms with Gasteiger partial charge in [0.05, 0.1) is 17.3 Å². The van der Waals surface area contributed by atoms with Crippen molar-refractivity contribution in [1.82, 2.24) is 25.4 Å². The Hall–Kier alpha value is -4.30. The largest absolute Gasteiger partial charge is 0.381 e. The van der Waals surface area contributed by atoms with Crippen LogP contribution in [0.2, 0.25) is 0 Å². The molecule has 2 aromatic heterocycles. The molecule has 2 atom stereocenters. The number of carbonyl (C=O) groups is 2. The molecule has 184 valence electrons. The molecule has 2 unspecified atom stereocenters. The van der Waals surface area contributed by atoms with Gasteiger partial charge in [-0.25, -0.2) is 9.67 Å². The van der Waals surface area contributed by atoms with Crippen molar-refractivity contribution in [3.05, 3.63) is 102 Å². The fraction of sp³-hybridized carbons (Fsp3) is 0.214. The Morgan fingerprint density at radius 3 is 2.42 bits per heavy atom. The van der Waals surface area contributed by atoms with Crippen LogP contribution in [-0.2, 0) is 11.2 Å². The number of aromatic nitrogens is 3. The first-order valence-corrected chi connectivity index (χ1v) is 11.9. The number of amides is 2. The minimum absolute atomic E-state index is 0.277. The molecule has 3 N–H and O–H groups in total. The molecule has 8 heteroatoms. The maximum absolute atomic E-state index is 13.4. The van der Waals surface area contributed by atoms with Crippen LogP contribution in [0.3, 0.4) is 0 Å². The quantitative estimate of drug-likeness (QED) is 0.321. The van der Waals surface area contributed by atoms with Crippen molar-refractivity contribution in [1.29, 1.82) is 0 Å². The van der Waals surface area contributed by atoms with E-state index in [4.69, 9.17) is 0 Å². The van der Waals surface area contributed by atoms with Crippen molar-refractivity contribution >= 4 is 11.8 Å². The number of aliphatic hydroxyl groups is 1. The maximum atomic E-state index is 13.4. The highest BCUT2D eigenvalue weighted by molar-refractivity contribution is 5.97. The molecule has 2 heterocycles. The van der Waals surface area contributed by atoms with Crippen LogP contribution in [0.15, 0.2) is 91.3 Å². The maximum Gasteiger partial charge on any atom is 0.255 e. The average Bonchev–Trinajstić information content (AvgIpc) is 3.42. The van der Waals surface area contributed by atoms with E-state index in [1.54, 1.807) is 29.2 Å². The Labute approximate surface area is 210 Å². The summed E-state index contributed by atoms with van der Waals surface area (Å²) in [4.78, 5) is 30.3. The molecule has 0 spiro atoms. The third-order valence-corrected chi connectivity index (χ3v) is 5.72. The van der Waals surface area contributed by atoms with E-state index in [-0.39, 0.29) is 12.0 Å². The average molecular weight is 484 g/mol. The van der Waals surface area contributed by atoms with Crippen LogP contribution in [0.4, 0.5) is 0 Å². The summed E-state index contributed by atoms with van der Waals surface area (Å²) in [7, 11) is 0. The Kier molecular flexibility index (Phi) is 8.20. The number of nitrogens with zero attached hydrogens (tertiary/aromatic N) is 3. The van der Waals surface area contributed by atoms with Gasteiger partial charge in [0.1, 0.15) is 0 Å². The lowest BCUT2D eigenvalue weighted by Crippen LogP contribution is -2.52. The second-order valence-electron chi connectivity index (χ2n) is 8.39. The topological polar surface area (TPSA) is 109 Å². The van der Waals surface area contributed by atoms with Crippen LogP contribution < -0.4 is 10.6 Å². The molecule has 0 radical (unpaired) electrons. The molecule has 8 nitrogen and oxygen atoms in total. The molecule has 0 aliphatic heterocycles. The number of pyridine rings is 1. The highest BCUT2D eigenvalue weighted by Gasteiger charge is 2.29. The first kappa shape index (κ1) is 24.8. The van der Waals surface area contributed by atoms with Crippen LogP contribution in [0, 0.1) is 0 Å². The van der Waals surface area contributed by atoms with Gasteiger partial charge in [-0.05, 0) is 36.6 Å². The molecule has 0 aliphatic rings. The third kappa shape index (κ3) is 6.03. The van der Waals surface area contributed by atoms with Gasteiger partial charge in [-0.3, -0.25) is 9.59 Å². The Balaban J connectivity index is 1.59. The Morgan fingerprint density at radius 2 is 1.69 bits per heavy atom. The van der Waals surface area contributed by atoms with E-state index in [0.29, 0.717) is 12.4 Å². The highest BCUT2D eigenvalue weighted by Crippen LogP contribution is 2.19. The minimum Gasteiger partial charge on any atom is -0.381 e. The second-order valence-corrected chi connectivity index (χ2v) is 8.39. The van der Waals surface area contributed by atoms with Crippen LogP contribution in [0.5, 0.6) is 0 Å². The summed E-state index contributed by atoms with van der Waals surface area (Å²) in [6, 6.07) is 23.4. The van der Waals surface area contributed by atoms with Crippen molar-refractivity contribution in [3.63, 3.8) is 0 Å². The molecule has 0 aliphatic carbocycles. The lowest BCUT2D eigenvalue weighted by atomic mass is 10.00. The van der Waals surface area contributed by atoms with Gasteiger partial charge in [0.15, 0.2) is 11.9 Å². The monoisotopic (exact) mass is 483 g/mol. The zero-order valence-electron chi connectivity index (χ0n) is 20.0. The van der Waals surface area contributed by atoms with Gasteiger partial charge in [-0.2, -0.15) is 5.10 Å². The standard InChI is InChI=1S/C28H29N5O3/c1-2-16-30-28(36)25(34)24(19-20-10-5-3-6-11-20)31-27(35)22-14-9-17-29-26(22)33-18-15-23(32-33)21-12-7-4-8-13-21/h3-15,17-18,24-25,34H,2,16,19H2,1H3,(H,30,36)(H,31,35). The van der Waals surface area contributed by atoms with Crippen molar-refractivity contribution in [3.8, 4) is 17.1 Å². The van der Waals surface area contributed by atoms with E-state index in [1.807, 2.05) is 73.7 Å². The molecule has 0 fully saturated rings. The molecule has 0 bridgehead atoms. The lowest BCUT2D eigenvalue weighted by Gasteiger charge is -2.24. The number of nitrogens with one attached hydrogen (secondary N) is 2. The number of hydrogen-bond donors (Lipinski definition) is 3. The fourth-order valence-electron chi connectivity index (χ4n) is 3.85. The number of aliphatic hydroxyl groups excluding tert-OH is 1. The van der Waals surface area contributed by atoms with Gasteiger partial charge >= 0.3 is 0 Å². The fourth-order valence-corrected chi connectivity index (χ4v) is 3.85. The molecule has 2 amide bonds. The van der Waals surface area contributed by atoms with Gasteiger partial charge in [-0.15, -0.1) is 0 Å². The molecule has 0 saturated carbocycles. The summed E-state index contributed by atoms with van der Waals surface area (Å²) in [6.07, 6.45) is 2.93. The van der Waals surface area contributed by atoms with Crippen LogP contribution >= 0.6 is 0 Å². The van der Waals surface area contributed by atoms with E-state index >= 15 is 0 Å². The summed E-state index contributed by atoms with van der Waals surface area (Å²) in [6.45, 7) is 2.37. The summed E-state index contributed by atoms with van der Waals surface area (Å²) in [5, 5.41) is 21.0. The summed E-state index contributed by atoms with van der Waals surface area (Å²) in [5.41, 5.74) is 2.86. The molecule has 4 rings (SSSR count). The van der Waals surface area contributed by atoms with Crippen molar-refractivity contribution in [2.75, 3.05) is 6.54 Å². The number of rotatable bonds is 10. The summed E-state index contributed by atoms with van der Waals surface area (Å²) in [5.74, 6) is -0.636. The van der Waals surface area contributed by atoms with E-state index in [2.05, 4.69) is 20.7 Å². The summed E-state index contributed by atoms with van der Waals surface area (Å²) >= 11 is 0. The van der Waals surface area contributed by atoms with E-state index in [1.165, 1.54) is 0 Å². The molecule has 36 heavy (non-hydrogen) atoms. The lowest BCUT2D eigenvalue weighted by molar-refractivity contribution is -0.130. The Bertz CT molecular complexity index is 1290. The van der Waals surface area contributed by atoms with E-state index in [0.717, 1.165) is 23.2 Å². The van der Waals surface area contributed by atoms with Gasteiger partial charge in [0, 0.05) is 24.5 Å². The third-order valence-electron chi connectivity index (χ3n) is 5.72. The minimum atomic E-state index is -1.42. The number of hydrogen-bond acceptors (Lipinski definition) is 5. The predicted molar refractivity (Wildman–Crippen MR) is 138 cm³/mol. The van der Waals surface area contributed by atoms with Crippen LogP contribution in [0.25, 0.3) is 17.1 Å². The van der Waals surface area contributed by atoms with Crippen LogP contribution in [-0.4, -0.2) is 50.4 Å². The van der Waals surface area contributed by atoms with Gasteiger partial charge in [0.2, 0.25) is 0 Å².